The van der Waals surface area contributed by atoms with Gasteiger partial charge in [0, 0.05) is 50.9 Å². The molecule has 0 aliphatic rings. The van der Waals surface area contributed by atoms with Crippen LogP contribution in [0.5, 0.6) is 0 Å². The van der Waals surface area contributed by atoms with Crippen LogP contribution in [-0.4, -0.2) is 33.4 Å². The Hall–Kier alpha value is -1.44. The second-order valence-electron chi connectivity index (χ2n) is 7.97. The Bertz CT molecular complexity index is 1170. The maximum absolute atomic E-state index is 10.7. The van der Waals surface area contributed by atoms with Gasteiger partial charge >= 0.3 is 29.6 Å². The van der Waals surface area contributed by atoms with E-state index in [9.17, 15) is 20.1 Å². The summed E-state index contributed by atoms with van der Waals surface area (Å²) < 4.78 is 0. The summed E-state index contributed by atoms with van der Waals surface area (Å²) in [6, 6.07) is 13.0. The van der Waals surface area contributed by atoms with Crippen LogP contribution in [-0.2, 0) is 4.79 Å². The Balaban J connectivity index is 0.00000385. The zero-order valence-corrected chi connectivity index (χ0v) is 22.3. The summed E-state index contributed by atoms with van der Waals surface area (Å²) in [7, 11) is 0. The number of carboxylic acid groups (broad SMARTS) is 1. The zero-order chi connectivity index (χ0) is 23.4. The molecule has 0 saturated carbocycles. The quantitative estimate of drug-likeness (QED) is 0.463. The molecule has 0 bridgehead atoms. The third-order valence-electron chi connectivity index (χ3n) is 5.11. The Morgan fingerprint density at radius 1 is 1.15 bits per heavy atom. The Morgan fingerprint density at radius 3 is 2.48 bits per heavy atom. The van der Waals surface area contributed by atoms with Crippen LogP contribution in [0.15, 0.2) is 48.5 Å². The minimum atomic E-state index is -1.37. The van der Waals surface area contributed by atoms with Gasteiger partial charge in [-0.05, 0) is 30.2 Å². The number of aliphatic hydroxyl groups is 2. The molecule has 1 aromatic heterocycles. The van der Waals surface area contributed by atoms with Crippen LogP contribution in [0.25, 0.3) is 28.1 Å². The second-order valence-corrected chi connectivity index (χ2v) is 8.82. The van der Waals surface area contributed by atoms with E-state index in [-0.39, 0.29) is 41.9 Å². The molecule has 0 aliphatic carbocycles. The maximum atomic E-state index is 10.7. The number of hydrogen-bond donors (Lipinski definition) is 2. The fourth-order valence-electron chi connectivity index (χ4n) is 3.67. The predicted molar refractivity (Wildman–Crippen MR) is 127 cm³/mol. The topological polar surface area (TPSA) is 93.5 Å². The number of aliphatic hydroxyl groups excluding tert-OH is 2. The van der Waals surface area contributed by atoms with Crippen molar-refractivity contribution >= 4 is 46.2 Å². The van der Waals surface area contributed by atoms with E-state index in [4.69, 9.17) is 28.2 Å². The van der Waals surface area contributed by atoms with Crippen molar-refractivity contribution in [1.82, 2.24) is 4.98 Å². The molecule has 0 spiro atoms. The van der Waals surface area contributed by atoms with Gasteiger partial charge in [0.2, 0.25) is 0 Å². The van der Waals surface area contributed by atoms with Crippen LogP contribution >= 0.6 is 23.2 Å². The average molecular weight is 496 g/mol. The van der Waals surface area contributed by atoms with Gasteiger partial charge in [-0.25, -0.2) is 0 Å². The van der Waals surface area contributed by atoms with E-state index >= 15 is 0 Å². The molecule has 168 valence electrons. The van der Waals surface area contributed by atoms with Crippen LogP contribution in [0.4, 0.5) is 0 Å². The number of benzene rings is 2. The Morgan fingerprint density at radius 2 is 1.85 bits per heavy atom. The summed E-state index contributed by atoms with van der Waals surface area (Å²) in [5.74, 6) is -1.30. The van der Waals surface area contributed by atoms with Crippen molar-refractivity contribution in [2.75, 3.05) is 0 Å². The largest absolute Gasteiger partial charge is 1.00 e. The van der Waals surface area contributed by atoms with Gasteiger partial charge in [0.15, 0.2) is 0 Å². The second kappa shape index (κ2) is 12.3. The first-order valence-corrected chi connectivity index (χ1v) is 11.0. The number of rotatable bonds is 8. The summed E-state index contributed by atoms with van der Waals surface area (Å²) in [4.78, 5) is 15.5. The SMILES string of the molecule is CC(C)c1nc2ccc(Cl)cc2c(-c2ccccc2Cl)c1/C=C/C(O)CC(O)CC(=O)[O-].[Na+]. The van der Waals surface area contributed by atoms with Crippen LogP contribution in [0.2, 0.25) is 10.0 Å². The number of carboxylic acids is 1. The number of carbonyl (C=O) groups excluding carboxylic acids is 1. The van der Waals surface area contributed by atoms with E-state index in [0.29, 0.717) is 10.0 Å². The number of halogens is 2. The van der Waals surface area contributed by atoms with E-state index in [0.717, 1.165) is 33.3 Å². The molecule has 2 aromatic carbocycles. The van der Waals surface area contributed by atoms with Gasteiger partial charge in [-0.1, -0.05) is 67.4 Å². The molecule has 2 unspecified atom stereocenters. The third-order valence-corrected chi connectivity index (χ3v) is 5.67. The monoisotopic (exact) mass is 495 g/mol. The molecule has 0 saturated heterocycles. The van der Waals surface area contributed by atoms with Gasteiger partial charge in [0.1, 0.15) is 0 Å². The zero-order valence-electron chi connectivity index (χ0n) is 18.8. The smallest absolute Gasteiger partial charge is 0.550 e. The average Bonchev–Trinajstić information content (AvgIpc) is 2.71. The molecule has 3 rings (SSSR count). The standard InChI is InChI=1S/C25H25Cl2NO4.Na/c1-14(2)25-19(9-8-16(29)12-17(30)13-23(31)32)24(18-5-3-4-6-21(18)27)20-11-15(26)7-10-22(20)28-25;/h3-11,14,16-17,29-30H,12-13H2,1-2H3,(H,31,32);/q;+1/p-1/b9-8+;. The molecule has 0 amide bonds. The fourth-order valence-corrected chi connectivity index (χ4v) is 4.07. The van der Waals surface area contributed by atoms with Crippen LogP contribution < -0.4 is 34.7 Å². The third kappa shape index (κ3) is 7.03. The fraction of sp³-hybridized carbons (Fsp3) is 0.280. The number of fused-ring (bicyclic) bond motifs is 1. The van der Waals surface area contributed by atoms with E-state index in [1.165, 1.54) is 6.08 Å². The molecule has 8 heteroatoms. The molecular weight excluding hydrogens is 472 g/mol. The van der Waals surface area contributed by atoms with Crippen LogP contribution in [0, 0.1) is 0 Å². The number of carbonyl (C=O) groups is 1. The van der Waals surface area contributed by atoms with E-state index in [1.54, 1.807) is 18.2 Å². The molecule has 2 N–H and O–H groups in total. The number of aromatic nitrogens is 1. The van der Waals surface area contributed by atoms with Crippen LogP contribution in [0.1, 0.15) is 43.9 Å². The number of hydrogen-bond acceptors (Lipinski definition) is 5. The molecule has 0 aliphatic heterocycles. The molecule has 2 atom stereocenters. The minimum Gasteiger partial charge on any atom is -0.550 e. The predicted octanol–water partition coefficient (Wildman–Crippen LogP) is 1.60. The van der Waals surface area contributed by atoms with Gasteiger partial charge in [-0.3, -0.25) is 4.98 Å². The molecular formula is C25H24Cl2NNaO4. The molecule has 3 aromatic rings. The van der Waals surface area contributed by atoms with Crippen molar-refractivity contribution < 1.29 is 49.7 Å². The van der Waals surface area contributed by atoms with Gasteiger partial charge < -0.3 is 20.1 Å². The van der Waals surface area contributed by atoms with Gasteiger partial charge in [0.05, 0.1) is 23.4 Å². The number of aliphatic carboxylic acids is 1. The molecule has 0 radical (unpaired) electrons. The van der Waals surface area contributed by atoms with Gasteiger partial charge in [0.25, 0.3) is 0 Å². The van der Waals surface area contributed by atoms with Crippen molar-refractivity contribution in [2.45, 2.75) is 44.8 Å². The van der Waals surface area contributed by atoms with Crippen LogP contribution in [0.3, 0.4) is 0 Å². The summed E-state index contributed by atoms with van der Waals surface area (Å²) in [5, 5.41) is 32.8. The summed E-state index contributed by atoms with van der Waals surface area (Å²) in [6.07, 6.45) is 0.341. The summed E-state index contributed by atoms with van der Waals surface area (Å²) >= 11 is 12.9. The Labute approximate surface area is 225 Å². The summed E-state index contributed by atoms with van der Waals surface area (Å²) in [6.45, 7) is 4.05. The molecule has 33 heavy (non-hydrogen) atoms. The van der Waals surface area contributed by atoms with Crippen molar-refractivity contribution in [3.8, 4) is 11.1 Å². The van der Waals surface area contributed by atoms with Crippen molar-refractivity contribution in [2.24, 2.45) is 0 Å². The number of pyridine rings is 1. The van der Waals surface area contributed by atoms with E-state index < -0.39 is 24.6 Å². The van der Waals surface area contributed by atoms with Gasteiger partial charge in [-0.15, -0.1) is 0 Å². The first-order chi connectivity index (χ1) is 15.2. The number of nitrogens with zero attached hydrogens (tertiary/aromatic N) is 1. The van der Waals surface area contributed by atoms with Crippen molar-refractivity contribution in [1.29, 1.82) is 0 Å². The van der Waals surface area contributed by atoms with Crippen molar-refractivity contribution in [3.05, 3.63) is 69.8 Å². The first kappa shape index (κ1) is 27.8. The molecule has 5 nitrogen and oxygen atoms in total. The van der Waals surface area contributed by atoms with Gasteiger partial charge in [-0.2, -0.15) is 0 Å². The Kier molecular flexibility index (Phi) is 10.4. The van der Waals surface area contributed by atoms with E-state index in [2.05, 4.69) is 0 Å². The normalized spacial score (nSPS) is 13.3. The first-order valence-electron chi connectivity index (χ1n) is 10.3. The summed E-state index contributed by atoms with van der Waals surface area (Å²) in [5.41, 5.74) is 4.00. The van der Waals surface area contributed by atoms with Crippen molar-refractivity contribution in [3.63, 3.8) is 0 Å². The minimum absolute atomic E-state index is 0. The maximum Gasteiger partial charge on any atom is 1.00 e. The van der Waals surface area contributed by atoms with E-state index in [1.807, 2.05) is 44.2 Å². The molecule has 1 heterocycles. The molecule has 0 fully saturated rings.